The topological polar surface area (TPSA) is 20.2 Å². The van der Waals surface area contributed by atoms with E-state index in [9.17, 15) is 5.11 Å². The van der Waals surface area contributed by atoms with Crippen LogP contribution >= 0.6 is 0 Å². The Morgan fingerprint density at radius 2 is 2.08 bits per heavy atom. The van der Waals surface area contributed by atoms with E-state index in [2.05, 4.69) is 20.8 Å². The number of fused-ring (bicyclic) bond motifs is 2. The summed E-state index contributed by atoms with van der Waals surface area (Å²) >= 11 is 0. The van der Waals surface area contributed by atoms with Gasteiger partial charge in [0.05, 0.1) is 0 Å². The summed E-state index contributed by atoms with van der Waals surface area (Å²) in [6.07, 6.45) is 3.88. The molecular formula is C11H20O. The van der Waals surface area contributed by atoms with Crippen LogP contribution in [-0.2, 0) is 0 Å². The summed E-state index contributed by atoms with van der Waals surface area (Å²) in [7, 11) is 0. The predicted molar refractivity (Wildman–Crippen MR) is 49.8 cm³/mol. The summed E-state index contributed by atoms with van der Waals surface area (Å²) in [5, 5.41) is 9.45. The Morgan fingerprint density at radius 1 is 1.42 bits per heavy atom. The van der Waals surface area contributed by atoms with Gasteiger partial charge in [-0.05, 0) is 41.9 Å². The lowest BCUT2D eigenvalue weighted by atomic mass is 9.64. The fourth-order valence-electron chi connectivity index (χ4n) is 3.61. The first kappa shape index (κ1) is 8.55. The quantitative estimate of drug-likeness (QED) is 0.637. The summed E-state index contributed by atoms with van der Waals surface area (Å²) in [5.41, 5.74) is 0.773. The van der Waals surface area contributed by atoms with Crippen molar-refractivity contribution in [3.63, 3.8) is 0 Å². The number of hydrogen-bond donors (Lipinski definition) is 1. The SMILES string of the molecule is CC1C(C)(C)[C@H]2CC[C@]1(CO)C2. The van der Waals surface area contributed by atoms with Gasteiger partial charge in [0.15, 0.2) is 0 Å². The van der Waals surface area contributed by atoms with E-state index in [1.54, 1.807) is 0 Å². The van der Waals surface area contributed by atoms with E-state index >= 15 is 0 Å². The predicted octanol–water partition coefficient (Wildman–Crippen LogP) is 2.44. The van der Waals surface area contributed by atoms with Gasteiger partial charge in [0.2, 0.25) is 0 Å². The molecule has 2 saturated carbocycles. The van der Waals surface area contributed by atoms with Crippen molar-refractivity contribution >= 4 is 0 Å². The van der Waals surface area contributed by atoms with Crippen LogP contribution in [0.3, 0.4) is 0 Å². The van der Waals surface area contributed by atoms with Crippen molar-refractivity contribution < 1.29 is 5.11 Å². The minimum absolute atomic E-state index is 0.300. The zero-order valence-corrected chi connectivity index (χ0v) is 8.43. The van der Waals surface area contributed by atoms with Crippen LogP contribution < -0.4 is 0 Å². The van der Waals surface area contributed by atoms with E-state index in [0.29, 0.717) is 23.4 Å². The van der Waals surface area contributed by atoms with Gasteiger partial charge in [0.25, 0.3) is 0 Å². The van der Waals surface area contributed by atoms with Crippen LogP contribution in [0.15, 0.2) is 0 Å². The minimum Gasteiger partial charge on any atom is -0.396 e. The van der Waals surface area contributed by atoms with Crippen molar-refractivity contribution in [1.82, 2.24) is 0 Å². The Labute approximate surface area is 75.2 Å². The van der Waals surface area contributed by atoms with Crippen LogP contribution in [0.1, 0.15) is 40.0 Å². The average Bonchev–Trinajstić information content (AvgIpc) is 2.53. The number of aliphatic hydroxyl groups is 1. The second-order valence-electron chi connectivity index (χ2n) is 5.50. The van der Waals surface area contributed by atoms with E-state index in [1.807, 2.05) is 0 Å². The van der Waals surface area contributed by atoms with Crippen molar-refractivity contribution in [2.75, 3.05) is 6.61 Å². The lowest BCUT2D eigenvalue weighted by Crippen LogP contribution is -2.36. The molecule has 1 heteroatoms. The van der Waals surface area contributed by atoms with Gasteiger partial charge in [0, 0.05) is 6.61 Å². The highest BCUT2D eigenvalue weighted by atomic mass is 16.3. The summed E-state index contributed by atoms with van der Waals surface area (Å²) in [4.78, 5) is 0. The van der Waals surface area contributed by atoms with E-state index in [1.165, 1.54) is 19.3 Å². The maximum Gasteiger partial charge on any atom is 0.0490 e. The van der Waals surface area contributed by atoms with E-state index in [0.717, 1.165) is 5.92 Å². The van der Waals surface area contributed by atoms with Gasteiger partial charge >= 0.3 is 0 Å². The maximum absolute atomic E-state index is 9.45. The maximum atomic E-state index is 9.45. The molecule has 70 valence electrons. The molecular weight excluding hydrogens is 148 g/mol. The molecule has 2 aliphatic carbocycles. The first-order chi connectivity index (χ1) is 5.53. The van der Waals surface area contributed by atoms with E-state index < -0.39 is 0 Å². The van der Waals surface area contributed by atoms with Crippen molar-refractivity contribution in [3.05, 3.63) is 0 Å². The molecule has 0 aromatic carbocycles. The van der Waals surface area contributed by atoms with Gasteiger partial charge in [-0.25, -0.2) is 0 Å². The number of hydrogen-bond acceptors (Lipinski definition) is 1. The Balaban J connectivity index is 2.32. The Hall–Kier alpha value is -0.0400. The van der Waals surface area contributed by atoms with Crippen molar-refractivity contribution in [3.8, 4) is 0 Å². The third kappa shape index (κ3) is 0.783. The summed E-state index contributed by atoms with van der Waals surface area (Å²) in [5.74, 6) is 1.58. The minimum atomic E-state index is 0.300. The largest absolute Gasteiger partial charge is 0.396 e. The molecule has 1 nitrogen and oxygen atoms in total. The molecule has 2 aliphatic rings. The molecule has 0 aromatic rings. The molecule has 0 saturated heterocycles. The fraction of sp³-hybridized carbons (Fsp3) is 1.00. The molecule has 0 aromatic heterocycles. The number of aliphatic hydroxyl groups excluding tert-OH is 1. The number of rotatable bonds is 1. The molecule has 0 amide bonds. The van der Waals surface area contributed by atoms with Crippen LogP contribution in [0.25, 0.3) is 0 Å². The molecule has 0 heterocycles. The normalized spacial score (nSPS) is 50.0. The monoisotopic (exact) mass is 168 g/mol. The van der Waals surface area contributed by atoms with E-state index in [-0.39, 0.29) is 0 Å². The van der Waals surface area contributed by atoms with Crippen molar-refractivity contribution in [2.24, 2.45) is 22.7 Å². The highest BCUT2D eigenvalue weighted by Gasteiger charge is 2.59. The molecule has 12 heavy (non-hydrogen) atoms. The van der Waals surface area contributed by atoms with Gasteiger partial charge in [0.1, 0.15) is 0 Å². The van der Waals surface area contributed by atoms with Crippen LogP contribution in [0, 0.1) is 22.7 Å². The molecule has 1 unspecified atom stereocenters. The third-order valence-electron chi connectivity index (χ3n) is 5.05. The molecule has 0 radical (unpaired) electrons. The molecule has 2 bridgehead atoms. The molecule has 2 fully saturated rings. The lowest BCUT2D eigenvalue weighted by molar-refractivity contribution is 0.0312. The highest BCUT2D eigenvalue weighted by Crippen LogP contribution is 2.65. The summed E-state index contributed by atoms with van der Waals surface area (Å²) in [6.45, 7) is 7.49. The molecule has 0 aliphatic heterocycles. The zero-order valence-electron chi connectivity index (χ0n) is 8.43. The van der Waals surface area contributed by atoms with Crippen molar-refractivity contribution in [2.45, 2.75) is 40.0 Å². The molecule has 0 spiro atoms. The first-order valence-electron chi connectivity index (χ1n) is 5.14. The second kappa shape index (κ2) is 2.25. The van der Waals surface area contributed by atoms with Gasteiger partial charge in [-0.1, -0.05) is 20.8 Å². The van der Waals surface area contributed by atoms with Gasteiger partial charge < -0.3 is 5.11 Å². The van der Waals surface area contributed by atoms with E-state index in [4.69, 9.17) is 0 Å². The smallest absolute Gasteiger partial charge is 0.0490 e. The third-order valence-corrected chi connectivity index (χ3v) is 5.05. The molecule has 1 N–H and O–H groups in total. The average molecular weight is 168 g/mol. The second-order valence-corrected chi connectivity index (χ2v) is 5.50. The fourth-order valence-corrected chi connectivity index (χ4v) is 3.61. The van der Waals surface area contributed by atoms with Crippen molar-refractivity contribution in [1.29, 1.82) is 0 Å². The molecule has 2 rings (SSSR count). The summed E-state index contributed by atoms with van der Waals surface area (Å²) in [6, 6.07) is 0. The Bertz CT molecular complexity index is 197. The summed E-state index contributed by atoms with van der Waals surface area (Å²) < 4.78 is 0. The lowest BCUT2D eigenvalue weighted by Gasteiger charge is -2.41. The van der Waals surface area contributed by atoms with Gasteiger partial charge in [-0.15, -0.1) is 0 Å². The Morgan fingerprint density at radius 3 is 2.42 bits per heavy atom. The Kier molecular flexibility index (Phi) is 1.61. The first-order valence-corrected chi connectivity index (χ1v) is 5.14. The van der Waals surface area contributed by atoms with Crippen LogP contribution in [-0.4, -0.2) is 11.7 Å². The van der Waals surface area contributed by atoms with Gasteiger partial charge in [-0.2, -0.15) is 0 Å². The van der Waals surface area contributed by atoms with Crippen LogP contribution in [0.2, 0.25) is 0 Å². The van der Waals surface area contributed by atoms with Gasteiger partial charge in [-0.3, -0.25) is 0 Å². The molecule has 3 atom stereocenters. The van der Waals surface area contributed by atoms with Crippen LogP contribution in [0.4, 0.5) is 0 Å². The highest BCUT2D eigenvalue weighted by molar-refractivity contribution is 5.08. The zero-order chi connectivity index (χ0) is 8.98. The van der Waals surface area contributed by atoms with Crippen LogP contribution in [0.5, 0.6) is 0 Å². The standard InChI is InChI=1S/C11H20O/c1-8-10(2,3)9-4-5-11(8,6-9)7-12/h8-9,12H,4-7H2,1-3H3/t8?,9-,11+/m0/s1.